The van der Waals surface area contributed by atoms with Gasteiger partial charge in [-0.25, -0.2) is 19.5 Å². The largest absolute Gasteiger partial charge is 0.449 e. The van der Waals surface area contributed by atoms with E-state index in [0.29, 0.717) is 24.2 Å². The first-order valence-corrected chi connectivity index (χ1v) is 15.9. The maximum Gasteiger partial charge on any atom is 0.416 e. The fourth-order valence-electron chi connectivity index (χ4n) is 6.77. The van der Waals surface area contributed by atoms with Crippen molar-refractivity contribution in [3.05, 3.63) is 30.3 Å². The minimum atomic E-state index is -0.580. The lowest BCUT2D eigenvalue weighted by Gasteiger charge is -2.48. The first-order valence-electron chi connectivity index (χ1n) is 15.1. The van der Waals surface area contributed by atoms with Crippen LogP contribution in [0.3, 0.4) is 0 Å². The van der Waals surface area contributed by atoms with Crippen molar-refractivity contribution in [3.63, 3.8) is 0 Å². The molecule has 0 unspecified atom stereocenters. The van der Waals surface area contributed by atoms with Gasteiger partial charge in [0.05, 0.1) is 18.1 Å². The SMILES string of the molecule is CC(C)(C)N(C(=O)OCC12CCN(CC1)CC2)c1nc(NC(=O)OCC23CCN(CC2)CC3)c(-c2ccccc2)s1. The van der Waals surface area contributed by atoms with Gasteiger partial charge in [0.15, 0.2) is 10.9 Å². The van der Waals surface area contributed by atoms with Gasteiger partial charge in [0, 0.05) is 16.4 Å². The fraction of sp³-hybridized carbons (Fsp3) is 0.645. The monoisotopic (exact) mass is 581 g/mol. The van der Waals surface area contributed by atoms with Crippen LogP contribution < -0.4 is 10.2 Å². The lowest BCUT2D eigenvalue weighted by Crippen LogP contribution is -2.52. The highest BCUT2D eigenvalue weighted by atomic mass is 32.1. The molecule has 4 bridgehead atoms. The summed E-state index contributed by atoms with van der Waals surface area (Å²) in [6.45, 7) is 13.3. The number of hydrogen-bond donors (Lipinski definition) is 1. The predicted octanol–water partition coefficient (Wildman–Crippen LogP) is 6.07. The van der Waals surface area contributed by atoms with E-state index in [-0.39, 0.29) is 10.8 Å². The van der Waals surface area contributed by atoms with Gasteiger partial charge in [0.25, 0.3) is 0 Å². The summed E-state index contributed by atoms with van der Waals surface area (Å²) >= 11 is 1.38. The Morgan fingerprint density at radius 2 is 1.39 bits per heavy atom. The van der Waals surface area contributed by atoms with Crippen molar-refractivity contribution in [1.29, 1.82) is 0 Å². The maximum atomic E-state index is 13.7. The standard InChI is InChI=1S/C31H43N5O4S/c1-29(2,3)36(28(38)40-22-31-12-18-35(19-13-31)20-14-31)26-32-25(24(41-26)23-7-5-4-6-8-23)33-27(37)39-21-30-9-15-34(16-10-30)17-11-30/h4-8H,9-22H2,1-3H3,(H,33,37). The van der Waals surface area contributed by atoms with Crippen LogP contribution in [-0.4, -0.2) is 85.0 Å². The third-order valence-electron chi connectivity index (χ3n) is 9.68. The van der Waals surface area contributed by atoms with Crippen LogP contribution in [0.2, 0.25) is 0 Å². The van der Waals surface area contributed by atoms with Crippen molar-refractivity contribution < 1.29 is 19.1 Å². The number of nitrogens with zero attached hydrogens (tertiary/aromatic N) is 4. The van der Waals surface area contributed by atoms with Gasteiger partial charge in [-0.3, -0.25) is 5.32 Å². The normalized spacial score (nSPS) is 28.8. The average Bonchev–Trinajstić information content (AvgIpc) is 3.39. The third-order valence-corrected chi connectivity index (χ3v) is 10.8. The summed E-state index contributed by atoms with van der Waals surface area (Å²) in [6, 6.07) is 9.83. The van der Waals surface area contributed by atoms with E-state index in [9.17, 15) is 9.59 Å². The maximum absolute atomic E-state index is 13.7. The Bertz CT molecular complexity index is 1220. The second-order valence-corrected chi connectivity index (χ2v) is 14.5. The first-order chi connectivity index (χ1) is 19.6. The van der Waals surface area contributed by atoms with E-state index in [0.717, 1.165) is 88.2 Å². The summed E-state index contributed by atoms with van der Waals surface area (Å²) in [4.78, 5) is 38.9. The van der Waals surface area contributed by atoms with Crippen LogP contribution in [0, 0.1) is 10.8 Å². The zero-order valence-electron chi connectivity index (χ0n) is 24.6. The average molecular weight is 582 g/mol. The molecule has 1 aromatic heterocycles. The number of nitrogens with one attached hydrogen (secondary N) is 1. The van der Waals surface area contributed by atoms with Crippen LogP contribution in [0.15, 0.2) is 30.3 Å². The molecule has 0 atom stereocenters. The summed E-state index contributed by atoms with van der Waals surface area (Å²) < 4.78 is 11.8. The fourth-order valence-corrected chi connectivity index (χ4v) is 7.98. The number of piperidine rings is 6. The number of carbonyl (C=O) groups excluding carboxylic acids is 2. The molecular formula is C31H43N5O4S. The number of aromatic nitrogens is 1. The number of carbonyl (C=O) groups is 2. The molecule has 10 heteroatoms. The Balaban J connectivity index is 1.20. The van der Waals surface area contributed by atoms with Crippen molar-refractivity contribution in [3.8, 4) is 10.4 Å². The highest BCUT2D eigenvalue weighted by Crippen LogP contribution is 2.43. The molecule has 1 aromatic carbocycles. The molecule has 2 amide bonds. The van der Waals surface area contributed by atoms with E-state index in [1.54, 1.807) is 4.90 Å². The number of thiazole rings is 1. The molecule has 6 saturated heterocycles. The number of ether oxygens (including phenoxy) is 2. The first kappa shape index (κ1) is 28.4. The van der Waals surface area contributed by atoms with Crippen LogP contribution in [0.4, 0.5) is 20.5 Å². The molecule has 9 nitrogen and oxygen atoms in total. The van der Waals surface area contributed by atoms with Crippen molar-refractivity contribution in [2.45, 2.75) is 64.8 Å². The number of rotatable bonds is 7. The number of hydrogen-bond acceptors (Lipinski definition) is 8. The highest BCUT2D eigenvalue weighted by molar-refractivity contribution is 7.19. The van der Waals surface area contributed by atoms with E-state index in [4.69, 9.17) is 14.5 Å². The second-order valence-electron chi connectivity index (χ2n) is 13.5. The molecule has 0 radical (unpaired) electrons. The van der Waals surface area contributed by atoms with Crippen LogP contribution in [0.5, 0.6) is 0 Å². The molecule has 0 aliphatic carbocycles. The van der Waals surface area contributed by atoms with Gasteiger partial charge in [0.2, 0.25) is 0 Å². The van der Waals surface area contributed by atoms with Crippen LogP contribution in [0.25, 0.3) is 10.4 Å². The van der Waals surface area contributed by atoms with Crippen molar-refractivity contribution in [2.75, 3.05) is 62.7 Å². The summed E-state index contributed by atoms with van der Waals surface area (Å²) in [5.41, 5.74) is 0.503. The van der Waals surface area contributed by atoms with Gasteiger partial charge in [-0.1, -0.05) is 41.7 Å². The van der Waals surface area contributed by atoms with Crippen molar-refractivity contribution in [1.82, 2.24) is 14.8 Å². The van der Waals surface area contributed by atoms with Gasteiger partial charge in [-0.15, -0.1) is 0 Å². The quantitative estimate of drug-likeness (QED) is 0.425. The molecule has 41 heavy (non-hydrogen) atoms. The number of amides is 2. The van der Waals surface area contributed by atoms with Gasteiger partial charge < -0.3 is 19.3 Å². The van der Waals surface area contributed by atoms with Gasteiger partial charge in [-0.2, -0.15) is 0 Å². The summed E-state index contributed by atoms with van der Waals surface area (Å²) in [6.07, 6.45) is 5.51. The van der Waals surface area contributed by atoms with E-state index in [1.165, 1.54) is 11.3 Å². The minimum Gasteiger partial charge on any atom is -0.449 e. The molecule has 7 heterocycles. The van der Waals surface area contributed by atoms with E-state index >= 15 is 0 Å². The Labute approximate surface area is 247 Å². The van der Waals surface area contributed by atoms with E-state index < -0.39 is 17.7 Å². The molecule has 0 spiro atoms. The Morgan fingerprint density at radius 1 is 0.878 bits per heavy atom. The molecule has 2 aromatic rings. The van der Waals surface area contributed by atoms with Crippen LogP contribution >= 0.6 is 11.3 Å². The highest BCUT2D eigenvalue weighted by Gasteiger charge is 2.42. The molecule has 222 valence electrons. The topological polar surface area (TPSA) is 87.2 Å². The number of anilines is 2. The molecule has 6 fully saturated rings. The predicted molar refractivity (Wildman–Crippen MR) is 162 cm³/mol. The summed E-state index contributed by atoms with van der Waals surface area (Å²) in [7, 11) is 0. The van der Waals surface area contributed by atoms with Crippen LogP contribution in [0.1, 0.15) is 59.3 Å². The Kier molecular flexibility index (Phi) is 7.76. The number of benzene rings is 1. The molecular weight excluding hydrogens is 538 g/mol. The molecule has 6 aliphatic rings. The third kappa shape index (κ3) is 6.10. The smallest absolute Gasteiger partial charge is 0.416 e. The zero-order valence-corrected chi connectivity index (χ0v) is 25.4. The summed E-state index contributed by atoms with van der Waals surface area (Å²) in [5.74, 6) is 0.400. The van der Waals surface area contributed by atoms with Gasteiger partial charge in [-0.05, 0) is 104 Å². The van der Waals surface area contributed by atoms with Crippen molar-refractivity contribution >= 4 is 34.5 Å². The Hall–Kier alpha value is -2.69. The van der Waals surface area contributed by atoms with E-state index in [1.807, 2.05) is 51.1 Å². The summed E-state index contributed by atoms with van der Waals surface area (Å²) in [5, 5.41) is 3.41. The Morgan fingerprint density at radius 3 is 1.90 bits per heavy atom. The molecule has 8 rings (SSSR count). The minimum absolute atomic E-state index is 0.0803. The lowest BCUT2D eigenvalue weighted by atomic mass is 9.73. The molecule has 0 saturated carbocycles. The zero-order chi connectivity index (χ0) is 28.7. The second kappa shape index (κ2) is 11.2. The van der Waals surface area contributed by atoms with Crippen LogP contribution in [-0.2, 0) is 9.47 Å². The molecule has 6 aliphatic heterocycles. The van der Waals surface area contributed by atoms with Gasteiger partial charge in [0.1, 0.15) is 0 Å². The number of fused-ring (bicyclic) bond motifs is 6. The van der Waals surface area contributed by atoms with Gasteiger partial charge >= 0.3 is 12.2 Å². The van der Waals surface area contributed by atoms with Crippen molar-refractivity contribution in [2.24, 2.45) is 10.8 Å². The lowest BCUT2D eigenvalue weighted by molar-refractivity contribution is -0.0207. The molecule has 1 N–H and O–H groups in total. The van der Waals surface area contributed by atoms with E-state index in [2.05, 4.69) is 15.1 Å².